The van der Waals surface area contributed by atoms with E-state index in [1.165, 1.54) is 0 Å². The van der Waals surface area contributed by atoms with Crippen LogP contribution >= 0.6 is 0 Å². The Labute approximate surface area is 106 Å². The lowest BCUT2D eigenvalue weighted by Crippen LogP contribution is -2.44. The topological polar surface area (TPSA) is 35.5 Å². The highest BCUT2D eigenvalue weighted by atomic mass is 19.4. The molecule has 0 aromatic rings. The summed E-state index contributed by atoms with van der Waals surface area (Å²) in [5.41, 5.74) is 0. The van der Waals surface area contributed by atoms with Crippen LogP contribution in [0, 0.1) is 5.92 Å². The van der Waals surface area contributed by atoms with Crippen molar-refractivity contribution in [3.63, 3.8) is 0 Å². The number of alkyl halides is 3. The van der Waals surface area contributed by atoms with Crippen LogP contribution in [0.2, 0.25) is 0 Å². The minimum atomic E-state index is -4.06. The van der Waals surface area contributed by atoms with E-state index in [1.54, 1.807) is 0 Å². The highest BCUT2D eigenvalue weighted by Crippen LogP contribution is 2.33. The standard InChI is InChI=1S/C12H23F3N2O/c1-2-5-16-8-11(18)9-17-6-3-10(4-7-17)12(13,14)15/h10-11,16,18H,2-9H2,1H3. The van der Waals surface area contributed by atoms with Crippen molar-refractivity contribution in [2.45, 2.75) is 38.5 Å². The van der Waals surface area contributed by atoms with Crippen molar-refractivity contribution in [1.82, 2.24) is 10.2 Å². The van der Waals surface area contributed by atoms with Crippen LogP contribution in [0.25, 0.3) is 0 Å². The third-order valence-electron chi connectivity index (χ3n) is 3.33. The van der Waals surface area contributed by atoms with E-state index < -0.39 is 18.2 Å². The molecule has 0 amide bonds. The summed E-state index contributed by atoms with van der Waals surface area (Å²) in [5.74, 6) is -1.16. The summed E-state index contributed by atoms with van der Waals surface area (Å²) in [6.07, 6.45) is -3.26. The van der Waals surface area contributed by atoms with Crippen molar-refractivity contribution in [1.29, 1.82) is 0 Å². The van der Waals surface area contributed by atoms with Crippen LogP contribution in [-0.2, 0) is 0 Å². The van der Waals surface area contributed by atoms with Gasteiger partial charge in [0.2, 0.25) is 0 Å². The molecule has 1 aliphatic rings. The minimum absolute atomic E-state index is 0.151. The molecule has 1 rings (SSSR count). The molecule has 0 spiro atoms. The van der Waals surface area contributed by atoms with E-state index in [1.807, 2.05) is 11.8 Å². The summed E-state index contributed by atoms with van der Waals surface area (Å²) in [5, 5.41) is 12.8. The maximum atomic E-state index is 12.5. The Bertz CT molecular complexity index is 228. The van der Waals surface area contributed by atoms with E-state index in [4.69, 9.17) is 0 Å². The number of β-amino-alcohol motifs (C(OH)–C–C–N with tert-alkyl or cyclic N) is 1. The number of nitrogens with zero attached hydrogens (tertiary/aromatic N) is 1. The first-order valence-electron chi connectivity index (χ1n) is 6.61. The predicted molar refractivity (Wildman–Crippen MR) is 64.4 cm³/mol. The Hall–Kier alpha value is -0.330. The summed E-state index contributed by atoms with van der Waals surface area (Å²) in [7, 11) is 0. The Morgan fingerprint density at radius 3 is 2.44 bits per heavy atom. The van der Waals surface area contributed by atoms with Gasteiger partial charge in [-0.1, -0.05) is 6.92 Å². The summed E-state index contributed by atoms with van der Waals surface area (Å²) in [6.45, 7) is 4.72. The molecule has 1 aliphatic heterocycles. The highest BCUT2D eigenvalue weighted by Gasteiger charge is 2.41. The second kappa shape index (κ2) is 7.31. The van der Waals surface area contributed by atoms with Crippen LogP contribution < -0.4 is 5.32 Å². The highest BCUT2D eigenvalue weighted by molar-refractivity contribution is 4.78. The molecular formula is C12H23F3N2O. The number of aliphatic hydroxyl groups excluding tert-OH is 1. The SMILES string of the molecule is CCCNCC(O)CN1CCC(C(F)(F)F)CC1. The van der Waals surface area contributed by atoms with Crippen LogP contribution in [0.15, 0.2) is 0 Å². The molecule has 0 aliphatic carbocycles. The number of piperidine rings is 1. The van der Waals surface area contributed by atoms with Gasteiger partial charge in [0.05, 0.1) is 12.0 Å². The third kappa shape index (κ3) is 5.54. The maximum absolute atomic E-state index is 12.5. The average Bonchev–Trinajstić information content (AvgIpc) is 2.29. The van der Waals surface area contributed by atoms with Crippen molar-refractivity contribution < 1.29 is 18.3 Å². The molecule has 1 unspecified atom stereocenters. The summed E-state index contributed by atoms with van der Waals surface area (Å²) < 4.78 is 37.4. The zero-order chi connectivity index (χ0) is 13.6. The zero-order valence-electron chi connectivity index (χ0n) is 10.8. The number of nitrogens with one attached hydrogen (secondary N) is 1. The molecule has 0 aromatic carbocycles. The lowest BCUT2D eigenvalue weighted by molar-refractivity contribution is -0.185. The largest absolute Gasteiger partial charge is 0.391 e. The molecule has 1 saturated heterocycles. The normalized spacial score (nSPS) is 21.2. The van der Waals surface area contributed by atoms with Gasteiger partial charge in [-0.3, -0.25) is 0 Å². The van der Waals surface area contributed by atoms with Crippen LogP contribution in [0.5, 0.6) is 0 Å². The van der Waals surface area contributed by atoms with Gasteiger partial charge >= 0.3 is 6.18 Å². The molecule has 18 heavy (non-hydrogen) atoms. The van der Waals surface area contributed by atoms with Crippen LogP contribution in [0.3, 0.4) is 0 Å². The van der Waals surface area contributed by atoms with Gasteiger partial charge in [0, 0.05) is 13.1 Å². The Kier molecular flexibility index (Phi) is 6.38. The van der Waals surface area contributed by atoms with Crippen LogP contribution in [0.4, 0.5) is 13.2 Å². The zero-order valence-corrected chi connectivity index (χ0v) is 10.8. The molecule has 0 aromatic heterocycles. The van der Waals surface area contributed by atoms with E-state index in [0.29, 0.717) is 26.2 Å². The van der Waals surface area contributed by atoms with Crippen LogP contribution in [-0.4, -0.2) is 55.0 Å². The van der Waals surface area contributed by atoms with E-state index in [0.717, 1.165) is 13.0 Å². The number of aliphatic hydroxyl groups is 1. The van der Waals surface area contributed by atoms with E-state index in [-0.39, 0.29) is 12.8 Å². The maximum Gasteiger partial charge on any atom is 0.391 e. The monoisotopic (exact) mass is 268 g/mol. The third-order valence-corrected chi connectivity index (χ3v) is 3.33. The minimum Gasteiger partial charge on any atom is -0.390 e. The first-order chi connectivity index (χ1) is 8.43. The molecule has 0 radical (unpaired) electrons. The summed E-state index contributed by atoms with van der Waals surface area (Å²) in [4.78, 5) is 1.92. The van der Waals surface area contributed by atoms with Gasteiger partial charge in [-0.25, -0.2) is 0 Å². The van der Waals surface area contributed by atoms with E-state index >= 15 is 0 Å². The smallest absolute Gasteiger partial charge is 0.390 e. The van der Waals surface area contributed by atoms with Gasteiger partial charge in [0.15, 0.2) is 0 Å². The number of rotatable bonds is 6. The number of hydrogen-bond acceptors (Lipinski definition) is 3. The lowest BCUT2D eigenvalue weighted by atomic mass is 9.96. The molecule has 1 fully saturated rings. The van der Waals surface area contributed by atoms with Gasteiger partial charge in [0.1, 0.15) is 0 Å². The molecule has 108 valence electrons. The van der Waals surface area contributed by atoms with Gasteiger partial charge < -0.3 is 15.3 Å². The Morgan fingerprint density at radius 2 is 1.94 bits per heavy atom. The number of hydrogen-bond donors (Lipinski definition) is 2. The first kappa shape index (κ1) is 15.7. The Balaban J connectivity index is 2.19. The average molecular weight is 268 g/mol. The van der Waals surface area contributed by atoms with Gasteiger partial charge in [0.25, 0.3) is 0 Å². The molecule has 1 atom stereocenters. The molecule has 1 heterocycles. The van der Waals surface area contributed by atoms with Crippen LogP contribution in [0.1, 0.15) is 26.2 Å². The molecule has 0 bridgehead atoms. The summed E-state index contributed by atoms with van der Waals surface area (Å²) in [6, 6.07) is 0. The first-order valence-corrected chi connectivity index (χ1v) is 6.61. The fraction of sp³-hybridized carbons (Fsp3) is 1.00. The van der Waals surface area contributed by atoms with E-state index in [2.05, 4.69) is 5.32 Å². The Morgan fingerprint density at radius 1 is 1.33 bits per heavy atom. The van der Waals surface area contributed by atoms with E-state index in [9.17, 15) is 18.3 Å². The van der Waals surface area contributed by atoms with Crippen molar-refractivity contribution in [2.75, 3.05) is 32.7 Å². The van der Waals surface area contributed by atoms with Gasteiger partial charge in [-0.2, -0.15) is 13.2 Å². The quantitative estimate of drug-likeness (QED) is 0.719. The second-order valence-corrected chi connectivity index (χ2v) is 4.97. The van der Waals surface area contributed by atoms with Gasteiger partial charge in [-0.15, -0.1) is 0 Å². The molecule has 6 heteroatoms. The van der Waals surface area contributed by atoms with Crippen molar-refractivity contribution >= 4 is 0 Å². The van der Waals surface area contributed by atoms with Crippen molar-refractivity contribution in [3.05, 3.63) is 0 Å². The van der Waals surface area contributed by atoms with Crippen molar-refractivity contribution in [2.24, 2.45) is 5.92 Å². The lowest BCUT2D eigenvalue weighted by Gasteiger charge is -2.33. The molecule has 2 N–H and O–H groups in total. The predicted octanol–water partition coefficient (Wildman–Crippen LogP) is 1.62. The molecule has 0 saturated carbocycles. The van der Waals surface area contributed by atoms with Crippen molar-refractivity contribution in [3.8, 4) is 0 Å². The fourth-order valence-corrected chi connectivity index (χ4v) is 2.25. The fourth-order valence-electron chi connectivity index (χ4n) is 2.25. The van der Waals surface area contributed by atoms with Gasteiger partial charge in [-0.05, 0) is 38.9 Å². The summed E-state index contributed by atoms with van der Waals surface area (Å²) >= 11 is 0. The molecule has 3 nitrogen and oxygen atoms in total. The second-order valence-electron chi connectivity index (χ2n) is 4.97. The number of halogens is 3. The number of likely N-dealkylation sites (tertiary alicyclic amines) is 1. The molecular weight excluding hydrogens is 245 g/mol.